The molecule has 7 nitrogen and oxygen atoms in total. The summed E-state index contributed by atoms with van der Waals surface area (Å²) in [7, 11) is 0. The van der Waals surface area contributed by atoms with Crippen LogP contribution in [0.5, 0.6) is 0 Å². The maximum atomic E-state index is 13.5. The van der Waals surface area contributed by atoms with E-state index in [1.165, 1.54) is 29.1 Å². The predicted octanol–water partition coefficient (Wildman–Crippen LogP) is 7.12. The summed E-state index contributed by atoms with van der Waals surface area (Å²) in [6, 6.07) is 18.4. The molecular weight excluding hydrogens is 555 g/mol. The minimum absolute atomic E-state index is 0.142. The zero-order valence-electron chi connectivity index (χ0n) is 21.9. The van der Waals surface area contributed by atoms with E-state index in [0.29, 0.717) is 11.3 Å². The summed E-state index contributed by atoms with van der Waals surface area (Å²) in [6.45, 7) is 1.72. The number of amides is 2. The summed E-state index contributed by atoms with van der Waals surface area (Å²) in [5.41, 5.74) is 1.96. The van der Waals surface area contributed by atoms with Gasteiger partial charge in [0.1, 0.15) is 0 Å². The molecular formula is C30H27ClF3N5O2. The molecule has 0 radical (unpaired) electrons. The highest BCUT2D eigenvalue weighted by Gasteiger charge is 2.30. The summed E-state index contributed by atoms with van der Waals surface area (Å²) in [6.07, 6.45) is 0.204. The number of hydrogen-bond acceptors (Lipinski definition) is 4. The summed E-state index contributed by atoms with van der Waals surface area (Å²) >= 11 is 5.92. The molecule has 5 rings (SSSR count). The Morgan fingerprint density at radius 3 is 2.39 bits per heavy atom. The first-order chi connectivity index (χ1) is 19.7. The molecule has 0 unspecified atom stereocenters. The van der Waals surface area contributed by atoms with Crippen LogP contribution in [0.3, 0.4) is 0 Å². The van der Waals surface area contributed by atoms with Gasteiger partial charge in [-0.2, -0.15) is 18.3 Å². The molecule has 1 fully saturated rings. The number of carbonyl (C=O) groups excluding carboxylic acids is 2. The molecule has 0 atom stereocenters. The highest BCUT2D eigenvalue weighted by molar-refractivity contribution is 6.17. The summed E-state index contributed by atoms with van der Waals surface area (Å²) in [5, 5.41) is 9.79. The average molecular weight is 582 g/mol. The molecule has 0 aliphatic carbocycles. The van der Waals surface area contributed by atoms with E-state index in [0.717, 1.165) is 55.7 Å². The first-order valence-corrected chi connectivity index (χ1v) is 13.6. The highest BCUT2D eigenvalue weighted by atomic mass is 35.5. The number of hydrogen-bond donors (Lipinski definition) is 2. The van der Waals surface area contributed by atoms with Crippen molar-refractivity contribution in [3.8, 4) is 5.69 Å². The molecule has 11 heteroatoms. The number of aromatic nitrogens is 2. The number of piperidine rings is 1. The lowest BCUT2D eigenvalue weighted by atomic mass is 10.1. The zero-order valence-corrected chi connectivity index (χ0v) is 22.7. The van der Waals surface area contributed by atoms with E-state index in [1.807, 2.05) is 12.1 Å². The van der Waals surface area contributed by atoms with Crippen molar-refractivity contribution >= 4 is 40.6 Å². The van der Waals surface area contributed by atoms with E-state index in [4.69, 9.17) is 11.6 Å². The smallest absolute Gasteiger partial charge is 0.372 e. The fraction of sp³-hybridized carbons (Fsp3) is 0.233. The zero-order chi connectivity index (χ0) is 29.0. The third-order valence-electron chi connectivity index (χ3n) is 6.83. The van der Waals surface area contributed by atoms with Crippen LogP contribution in [0.15, 0.2) is 79.0 Å². The molecule has 2 amide bonds. The van der Waals surface area contributed by atoms with Gasteiger partial charge in [0.05, 0.1) is 22.5 Å². The highest BCUT2D eigenvalue weighted by Crippen LogP contribution is 2.31. The number of rotatable bonds is 7. The molecule has 1 aliphatic heterocycles. The summed E-state index contributed by atoms with van der Waals surface area (Å²) in [4.78, 5) is 28.8. The van der Waals surface area contributed by atoms with Crippen molar-refractivity contribution < 1.29 is 22.8 Å². The van der Waals surface area contributed by atoms with Gasteiger partial charge in [0.15, 0.2) is 5.82 Å². The Hall–Kier alpha value is -4.31. The quantitative estimate of drug-likeness (QED) is 0.228. The first kappa shape index (κ1) is 28.2. The van der Waals surface area contributed by atoms with E-state index >= 15 is 0 Å². The Morgan fingerprint density at radius 1 is 0.854 bits per heavy atom. The molecule has 41 heavy (non-hydrogen) atoms. The molecule has 4 aromatic rings. The second kappa shape index (κ2) is 12.1. The van der Waals surface area contributed by atoms with Crippen LogP contribution in [-0.2, 0) is 12.1 Å². The third kappa shape index (κ3) is 6.71. The topological polar surface area (TPSA) is 79.3 Å². The van der Waals surface area contributed by atoms with Crippen molar-refractivity contribution in [3.63, 3.8) is 0 Å². The Bertz CT molecular complexity index is 1560. The molecule has 3 aromatic carbocycles. The maximum Gasteiger partial charge on any atom is 0.416 e. The number of anilines is 3. The van der Waals surface area contributed by atoms with Gasteiger partial charge in [-0.1, -0.05) is 18.2 Å². The van der Waals surface area contributed by atoms with Crippen LogP contribution in [0.2, 0.25) is 0 Å². The van der Waals surface area contributed by atoms with E-state index in [2.05, 4.69) is 20.6 Å². The minimum atomic E-state index is -4.49. The molecule has 0 bridgehead atoms. The van der Waals surface area contributed by atoms with E-state index in [-0.39, 0.29) is 22.9 Å². The Balaban J connectivity index is 1.41. The normalized spacial score (nSPS) is 13.6. The molecule has 1 aromatic heterocycles. The van der Waals surface area contributed by atoms with Crippen molar-refractivity contribution in [3.05, 3.63) is 101 Å². The Kier molecular flexibility index (Phi) is 8.30. The van der Waals surface area contributed by atoms with Crippen LogP contribution >= 0.6 is 11.6 Å². The minimum Gasteiger partial charge on any atom is -0.372 e. The molecule has 2 heterocycles. The maximum absolute atomic E-state index is 13.5. The largest absolute Gasteiger partial charge is 0.416 e. The van der Waals surface area contributed by atoms with Crippen molar-refractivity contribution in [2.24, 2.45) is 0 Å². The molecule has 1 saturated heterocycles. The van der Waals surface area contributed by atoms with Gasteiger partial charge in [0, 0.05) is 42.5 Å². The van der Waals surface area contributed by atoms with Gasteiger partial charge in [0.25, 0.3) is 11.8 Å². The van der Waals surface area contributed by atoms with Crippen LogP contribution in [0.25, 0.3) is 5.69 Å². The van der Waals surface area contributed by atoms with Gasteiger partial charge in [-0.15, -0.1) is 11.6 Å². The van der Waals surface area contributed by atoms with E-state index in [9.17, 15) is 22.8 Å². The molecule has 212 valence electrons. The lowest BCUT2D eigenvalue weighted by Crippen LogP contribution is -2.29. The number of halogens is 4. The van der Waals surface area contributed by atoms with Crippen LogP contribution in [-0.4, -0.2) is 34.7 Å². The second-order valence-corrected chi connectivity index (χ2v) is 9.98. The van der Waals surface area contributed by atoms with E-state index < -0.39 is 23.6 Å². The van der Waals surface area contributed by atoms with Crippen LogP contribution in [0, 0.1) is 0 Å². The number of alkyl halides is 4. The molecule has 0 saturated carbocycles. The van der Waals surface area contributed by atoms with Crippen LogP contribution in [0.1, 0.15) is 51.1 Å². The van der Waals surface area contributed by atoms with Gasteiger partial charge >= 0.3 is 6.18 Å². The summed E-state index contributed by atoms with van der Waals surface area (Å²) < 4.78 is 40.7. The number of nitrogens with one attached hydrogen (secondary N) is 2. The van der Waals surface area contributed by atoms with Crippen LogP contribution in [0.4, 0.5) is 30.4 Å². The second-order valence-electron chi connectivity index (χ2n) is 9.71. The van der Waals surface area contributed by atoms with Crippen molar-refractivity contribution in [1.82, 2.24) is 9.78 Å². The van der Waals surface area contributed by atoms with E-state index in [1.54, 1.807) is 30.3 Å². The first-order valence-electron chi connectivity index (χ1n) is 13.1. The van der Waals surface area contributed by atoms with Gasteiger partial charge in [-0.3, -0.25) is 9.59 Å². The Morgan fingerprint density at radius 2 is 1.63 bits per heavy atom. The van der Waals surface area contributed by atoms with Crippen molar-refractivity contribution in [2.45, 2.75) is 31.3 Å². The van der Waals surface area contributed by atoms with Crippen LogP contribution < -0.4 is 15.5 Å². The molecule has 1 aliphatic rings. The number of nitrogens with zero attached hydrogens (tertiary/aromatic N) is 3. The SMILES string of the molecule is O=C(Nc1ccc(N2CCCCC2)cc1C(=O)Nc1ccn(-c2cccc(C(F)(F)F)c2)n1)c1cccc(CCl)c1. The lowest BCUT2D eigenvalue weighted by molar-refractivity contribution is -0.137. The Labute approximate surface area is 239 Å². The monoisotopic (exact) mass is 581 g/mol. The van der Waals surface area contributed by atoms with Gasteiger partial charge in [0.2, 0.25) is 0 Å². The number of carbonyl (C=O) groups is 2. The third-order valence-corrected chi connectivity index (χ3v) is 7.14. The fourth-order valence-corrected chi connectivity index (χ4v) is 4.88. The van der Waals surface area contributed by atoms with Gasteiger partial charge < -0.3 is 15.5 Å². The predicted molar refractivity (Wildman–Crippen MR) is 153 cm³/mol. The van der Waals surface area contributed by atoms with Gasteiger partial charge in [-0.05, 0) is 73.4 Å². The fourth-order valence-electron chi connectivity index (χ4n) is 4.71. The van der Waals surface area contributed by atoms with Crippen molar-refractivity contribution in [1.29, 1.82) is 0 Å². The molecule has 2 N–H and O–H groups in total. The standard InChI is InChI=1S/C30H27ClF3N5O2/c31-19-20-6-4-7-21(16-20)28(40)35-26-11-10-23(38-13-2-1-3-14-38)18-25(26)29(41)36-27-12-15-39(37-27)24-9-5-8-22(17-24)30(32,33)34/h4-12,15-18H,1-3,13-14,19H2,(H,35,40)(H,36,37,41). The average Bonchev–Trinajstić information content (AvgIpc) is 3.46. The van der Waals surface area contributed by atoms with Crippen molar-refractivity contribution in [2.75, 3.05) is 28.6 Å². The van der Waals surface area contributed by atoms with Gasteiger partial charge in [-0.25, -0.2) is 4.68 Å². The lowest BCUT2D eigenvalue weighted by Gasteiger charge is -2.29. The number of benzene rings is 3. The summed E-state index contributed by atoms with van der Waals surface area (Å²) in [5.74, 6) is -0.525. The molecule has 0 spiro atoms.